The first-order chi connectivity index (χ1) is 15.6. The Morgan fingerprint density at radius 1 is 1.27 bits per heavy atom. The van der Waals surface area contributed by atoms with Gasteiger partial charge in [-0.15, -0.1) is 13.2 Å². The van der Waals surface area contributed by atoms with E-state index in [1.807, 2.05) is 0 Å². The molecular formula is C21H25F4N5O3. The summed E-state index contributed by atoms with van der Waals surface area (Å²) < 4.78 is 54.8. The quantitative estimate of drug-likeness (QED) is 0.622. The smallest absolute Gasteiger partial charge is 0.406 e. The second-order valence-corrected chi connectivity index (χ2v) is 8.18. The van der Waals surface area contributed by atoms with Crippen molar-refractivity contribution in [1.82, 2.24) is 20.4 Å². The highest BCUT2D eigenvalue weighted by Crippen LogP contribution is 2.33. The molecule has 3 rings (SSSR count). The Morgan fingerprint density at radius 2 is 2.00 bits per heavy atom. The van der Waals surface area contributed by atoms with Crippen LogP contribution in [0.15, 0.2) is 18.2 Å². The van der Waals surface area contributed by atoms with Crippen molar-refractivity contribution >= 4 is 12.1 Å². The fourth-order valence-corrected chi connectivity index (χ4v) is 4.09. The molecule has 0 spiro atoms. The average molecular weight is 471 g/mol. The van der Waals surface area contributed by atoms with Gasteiger partial charge in [0, 0.05) is 50.8 Å². The summed E-state index contributed by atoms with van der Waals surface area (Å²) in [5, 5.41) is 14.3. The van der Waals surface area contributed by atoms with Crippen molar-refractivity contribution < 1.29 is 31.9 Å². The van der Waals surface area contributed by atoms with Crippen LogP contribution < -0.4 is 15.4 Å². The summed E-state index contributed by atoms with van der Waals surface area (Å²) >= 11 is 0. The van der Waals surface area contributed by atoms with Crippen LogP contribution in [0.5, 0.6) is 5.75 Å². The van der Waals surface area contributed by atoms with Gasteiger partial charge in [0.1, 0.15) is 11.6 Å². The molecule has 1 aliphatic heterocycles. The van der Waals surface area contributed by atoms with Crippen LogP contribution in [0, 0.1) is 23.1 Å². The molecule has 2 fully saturated rings. The molecule has 1 aromatic rings. The lowest BCUT2D eigenvalue weighted by molar-refractivity contribution is -0.274. The van der Waals surface area contributed by atoms with Gasteiger partial charge in [-0.1, -0.05) is 6.07 Å². The van der Waals surface area contributed by atoms with Crippen LogP contribution in [0.3, 0.4) is 0 Å². The molecule has 0 aromatic heterocycles. The highest BCUT2D eigenvalue weighted by atomic mass is 19.4. The van der Waals surface area contributed by atoms with E-state index in [1.165, 1.54) is 7.05 Å². The van der Waals surface area contributed by atoms with Crippen LogP contribution in [0.2, 0.25) is 0 Å². The Balaban J connectivity index is 1.68. The van der Waals surface area contributed by atoms with Crippen LogP contribution >= 0.6 is 0 Å². The monoisotopic (exact) mass is 471 g/mol. The molecule has 1 saturated carbocycles. The molecule has 1 aromatic carbocycles. The molecule has 2 aliphatic rings. The number of ether oxygens (including phenoxy) is 1. The Hall–Kier alpha value is -3.23. The summed E-state index contributed by atoms with van der Waals surface area (Å²) in [6, 6.07) is 3.76. The van der Waals surface area contributed by atoms with Gasteiger partial charge in [-0.25, -0.2) is 14.0 Å². The van der Waals surface area contributed by atoms with E-state index in [4.69, 9.17) is 5.26 Å². The van der Waals surface area contributed by atoms with E-state index in [9.17, 15) is 27.2 Å². The Labute approximate surface area is 188 Å². The van der Waals surface area contributed by atoms with E-state index in [0.29, 0.717) is 25.6 Å². The van der Waals surface area contributed by atoms with Crippen LogP contribution in [-0.4, -0.2) is 60.4 Å². The Kier molecular flexibility index (Phi) is 7.50. The second-order valence-electron chi connectivity index (χ2n) is 8.18. The lowest BCUT2D eigenvalue weighted by Gasteiger charge is -2.42. The minimum Gasteiger partial charge on any atom is -0.406 e. The van der Waals surface area contributed by atoms with Gasteiger partial charge in [-0.05, 0) is 31.2 Å². The number of urea groups is 2. The number of amides is 4. The lowest BCUT2D eigenvalue weighted by Crippen LogP contribution is -2.58. The number of hydrogen-bond donors (Lipinski definition) is 2. The van der Waals surface area contributed by atoms with Crippen molar-refractivity contribution in [2.45, 2.75) is 50.7 Å². The molecule has 1 saturated heterocycles. The number of carbonyl (C=O) groups is 2. The van der Waals surface area contributed by atoms with Crippen molar-refractivity contribution in [3.8, 4) is 11.8 Å². The summed E-state index contributed by atoms with van der Waals surface area (Å²) in [5.41, 5.74) is 0.00612. The molecule has 1 unspecified atom stereocenters. The van der Waals surface area contributed by atoms with Crippen molar-refractivity contribution in [2.24, 2.45) is 5.92 Å². The molecule has 4 amide bonds. The number of carbonyl (C=O) groups excluding carboxylic acids is 2. The van der Waals surface area contributed by atoms with Gasteiger partial charge < -0.3 is 25.2 Å². The minimum atomic E-state index is -4.93. The summed E-state index contributed by atoms with van der Waals surface area (Å²) in [6.07, 6.45) is -2.53. The maximum atomic E-state index is 14.2. The van der Waals surface area contributed by atoms with E-state index in [0.717, 1.165) is 25.0 Å². The average Bonchev–Trinajstić information content (AvgIpc) is 3.56. The molecule has 1 heterocycles. The predicted octanol–water partition coefficient (Wildman–Crippen LogP) is 3.34. The third-order valence-electron chi connectivity index (χ3n) is 5.65. The molecule has 180 valence electrons. The van der Waals surface area contributed by atoms with Crippen LogP contribution in [0.4, 0.5) is 27.2 Å². The van der Waals surface area contributed by atoms with Gasteiger partial charge in [0.15, 0.2) is 0 Å². The summed E-state index contributed by atoms with van der Waals surface area (Å²) in [7, 11) is 1.51. The number of alkyl halides is 3. The SMILES string of the molecule is CNC(=O)N1CC(N(C(=O)NCc2ccc(OC(F)(F)F)cc2F)C2CC2)C[C@H](CC#N)C1. The first kappa shape index (κ1) is 24.4. The summed E-state index contributed by atoms with van der Waals surface area (Å²) in [6.45, 7) is 0.498. The number of piperidine rings is 1. The standard InChI is InChI=1S/C21H25F4N5O3/c1-27-19(31)29-11-13(6-7-26)8-16(12-29)30(15-3-4-15)20(32)28-10-14-2-5-17(9-18(14)22)33-21(23,24)25/h2,5,9,13,15-16H,3-4,6,8,10-12H2,1H3,(H,27,31)(H,28,32)/t13-,16?/m0/s1. The highest BCUT2D eigenvalue weighted by molar-refractivity contribution is 5.76. The third-order valence-corrected chi connectivity index (χ3v) is 5.65. The van der Waals surface area contributed by atoms with E-state index < -0.39 is 24.0 Å². The molecule has 33 heavy (non-hydrogen) atoms. The fraction of sp³-hybridized carbons (Fsp3) is 0.571. The highest BCUT2D eigenvalue weighted by Gasteiger charge is 2.41. The molecular weight excluding hydrogens is 446 g/mol. The van der Waals surface area contributed by atoms with Crippen molar-refractivity contribution in [1.29, 1.82) is 5.26 Å². The number of nitrogens with one attached hydrogen (secondary N) is 2. The van der Waals surface area contributed by atoms with Gasteiger partial charge in [-0.3, -0.25) is 0 Å². The number of nitrogens with zero attached hydrogens (tertiary/aromatic N) is 3. The van der Waals surface area contributed by atoms with Gasteiger partial charge >= 0.3 is 18.4 Å². The molecule has 8 nitrogen and oxygen atoms in total. The van der Waals surface area contributed by atoms with E-state index in [-0.39, 0.29) is 42.6 Å². The molecule has 0 radical (unpaired) electrons. The van der Waals surface area contributed by atoms with Crippen molar-refractivity contribution in [3.63, 3.8) is 0 Å². The first-order valence-electron chi connectivity index (χ1n) is 10.5. The predicted molar refractivity (Wildman–Crippen MR) is 108 cm³/mol. The van der Waals surface area contributed by atoms with Crippen LogP contribution in [0.25, 0.3) is 0 Å². The number of likely N-dealkylation sites (tertiary alicyclic amines) is 1. The van der Waals surface area contributed by atoms with E-state index >= 15 is 0 Å². The Morgan fingerprint density at radius 3 is 2.58 bits per heavy atom. The third kappa shape index (κ3) is 6.63. The zero-order chi connectivity index (χ0) is 24.2. The molecule has 2 N–H and O–H groups in total. The minimum absolute atomic E-state index is 0.00612. The normalized spacial score (nSPS) is 20.5. The van der Waals surface area contributed by atoms with E-state index in [2.05, 4.69) is 21.4 Å². The second kappa shape index (κ2) is 10.1. The fourth-order valence-electron chi connectivity index (χ4n) is 4.09. The summed E-state index contributed by atoms with van der Waals surface area (Å²) in [5.74, 6) is -1.71. The first-order valence-corrected chi connectivity index (χ1v) is 10.5. The number of halogens is 4. The molecule has 2 atom stereocenters. The number of benzene rings is 1. The van der Waals surface area contributed by atoms with Crippen LogP contribution in [0.1, 0.15) is 31.2 Å². The van der Waals surface area contributed by atoms with Crippen molar-refractivity contribution in [3.05, 3.63) is 29.6 Å². The van der Waals surface area contributed by atoms with Crippen LogP contribution in [-0.2, 0) is 6.54 Å². The maximum absolute atomic E-state index is 14.2. The van der Waals surface area contributed by atoms with Gasteiger partial charge in [-0.2, -0.15) is 5.26 Å². The molecule has 1 aliphatic carbocycles. The van der Waals surface area contributed by atoms with Gasteiger partial charge in [0.05, 0.1) is 12.1 Å². The Bertz CT molecular complexity index is 916. The zero-order valence-corrected chi connectivity index (χ0v) is 18.0. The lowest BCUT2D eigenvalue weighted by atomic mass is 9.91. The zero-order valence-electron chi connectivity index (χ0n) is 18.0. The topological polar surface area (TPSA) is 97.7 Å². The van der Waals surface area contributed by atoms with Crippen molar-refractivity contribution in [2.75, 3.05) is 20.1 Å². The molecule has 12 heteroatoms. The summed E-state index contributed by atoms with van der Waals surface area (Å²) in [4.78, 5) is 28.4. The maximum Gasteiger partial charge on any atom is 0.573 e. The van der Waals surface area contributed by atoms with E-state index in [1.54, 1.807) is 9.80 Å². The van der Waals surface area contributed by atoms with Gasteiger partial charge in [0.2, 0.25) is 0 Å². The number of rotatable bonds is 6. The molecule has 0 bridgehead atoms. The largest absolute Gasteiger partial charge is 0.573 e. The number of hydrogen-bond acceptors (Lipinski definition) is 4. The van der Waals surface area contributed by atoms with Gasteiger partial charge in [0.25, 0.3) is 0 Å². The number of nitriles is 1.